The fraction of sp³-hybridized carbons (Fsp3) is 0.0357. The third-order valence-electron chi connectivity index (χ3n) is 5.30. The molecule has 0 fully saturated rings. The predicted molar refractivity (Wildman–Crippen MR) is 128 cm³/mol. The molecule has 3 heterocycles. The summed E-state index contributed by atoms with van der Waals surface area (Å²) in [6.07, 6.45) is 3.57. The highest BCUT2D eigenvalue weighted by molar-refractivity contribution is 5.78. The Kier molecular flexibility index (Phi) is 5.41. The molecule has 0 atom stereocenters. The molecule has 0 radical (unpaired) electrons. The summed E-state index contributed by atoms with van der Waals surface area (Å²) in [7, 11) is 1.68. The molecule has 0 N–H and O–H groups in total. The van der Waals surface area contributed by atoms with Crippen molar-refractivity contribution in [2.24, 2.45) is 0 Å². The number of nitrogens with zero attached hydrogens (tertiary/aromatic N) is 3. The summed E-state index contributed by atoms with van der Waals surface area (Å²) in [5, 5.41) is 0. The number of pyridine rings is 3. The van der Waals surface area contributed by atoms with Crippen molar-refractivity contribution in [3.8, 4) is 50.8 Å². The highest BCUT2D eigenvalue weighted by Gasteiger charge is 2.11. The number of benzene rings is 2. The summed E-state index contributed by atoms with van der Waals surface area (Å²) in [5.41, 5.74) is 7.75. The highest BCUT2D eigenvalue weighted by atomic mass is 16.5. The Morgan fingerprint density at radius 2 is 1.09 bits per heavy atom. The van der Waals surface area contributed by atoms with Crippen LogP contribution in [0.2, 0.25) is 0 Å². The normalized spacial score (nSPS) is 10.7. The van der Waals surface area contributed by atoms with Crippen LogP contribution in [0.4, 0.5) is 0 Å². The third-order valence-corrected chi connectivity index (χ3v) is 5.30. The largest absolute Gasteiger partial charge is 0.497 e. The number of aromatic nitrogens is 3. The maximum atomic E-state index is 5.29. The van der Waals surface area contributed by atoms with Crippen molar-refractivity contribution in [2.75, 3.05) is 7.11 Å². The average molecular weight is 415 g/mol. The molecule has 5 rings (SSSR count). The quantitative estimate of drug-likeness (QED) is 0.327. The van der Waals surface area contributed by atoms with Crippen molar-refractivity contribution in [2.45, 2.75) is 0 Å². The van der Waals surface area contributed by atoms with Crippen LogP contribution in [0.5, 0.6) is 5.75 Å². The molecule has 0 spiro atoms. The second-order valence-corrected chi connectivity index (χ2v) is 7.37. The Labute approximate surface area is 187 Å². The zero-order chi connectivity index (χ0) is 21.8. The Morgan fingerprint density at radius 3 is 1.62 bits per heavy atom. The zero-order valence-corrected chi connectivity index (χ0v) is 17.6. The third kappa shape index (κ3) is 4.12. The maximum Gasteiger partial charge on any atom is 0.118 e. The van der Waals surface area contributed by atoms with Gasteiger partial charge in [-0.3, -0.25) is 9.97 Å². The molecule has 32 heavy (non-hydrogen) atoms. The van der Waals surface area contributed by atoms with Gasteiger partial charge in [-0.15, -0.1) is 0 Å². The second-order valence-electron chi connectivity index (χ2n) is 7.37. The van der Waals surface area contributed by atoms with E-state index in [1.165, 1.54) is 0 Å². The minimum absolute atomic E-state index is 0.818. The molecule has 0 aliphatic carbocycles. The lowest BCUT2D eigenvalue weighted by molar-refractivity contribution is 0.415. The second kappa shape index (κ2) is 8.82. The van der Waals surface area contributed by atoms with Crippen molar-refractivity contribution in [1.29, 1.82) is 0 Å². The Bertz CT molecular complexity index is 1280. The van der Waals surface area contributed by atoms with Crippen molar-refractivity contribution in [3.63, 3.8) is 0 Å². The first kappa shape index (κ1) is 19.6. The molecule has 4 heteroatoms. The summed E-state index contributed by atoms with van der Waals surface area (Å²) in [5.74, 6) is 0.846. The van der Waals surface area contributed by atoms with Crippen LogP contribution in [0.1, 0.15) is 0 Å². The summed E-state index contributed by atoms with van der Waals surface area (Å²) in [6.45, 7) is 0. The number of ether oxygens (including phenoxy) is 1. The van der Waals surface area contributed by atoms with E-state index in [1.54, 1.807) is 19.5 Å². The zero-order valence-electron chi connectivity index (χ0n) is 17.6. The minimum atomic E-state index is 0.818. The molecular formula is C28H21N3O. The predicted octanol–water partition coefficient (Wildman–Crippen LogP) is 6.55. The fourth-order valence-corrected chi connectivity index (χ4v) is 3.65. The lowest BCUT2D eigenvalue weighted by Crippen LogP contribution is -1.94. The number of rotatable bonds is 5. The highest BCUT2D eigenvalue weighted by Crippen LogP contribution is 2.31. The number of hydrogen-bond donors (Lipinski definition) is 0. The van der Waals surface area contributed by atoms with Crippen LogP contribution in [0.3, 0.4) is 0 Å². The van der Waals surface area contributed by atoms with E-state index >= 15 is 0 Å². The fourth-order valence-electron chi connectivity index (χ4n) is 3.65. The molecule has 0 aliphatic heterocycles. The van der Waals surface area contributed by atoms with Gasteiger partial charge in [-0.2, -0.15) is 0 Å². The smallest absolute Gasteiger partial charge is 0.118 e. The standard InChI is InChI=1S/C28H21N3O/c1-32-24-13-11-20(12-14-24)21-7-6-8-22(17-21)23-18-27(25-9-2-4-15-29-25)31-28(19-23)26-10-3-5-16-30-26/h2-19H,1H3. The van der Waals surface area contributed by atoms with Gasteiger partial charge in [-0.1, -0.05) is 42.5 Å². The van der Waals surface area contributed by atoms with Crippen molar-refractivity contribution in [1.82, 2.24) is 15.0 Å². The first-order chi connectivity index (χ1) is 15.8. The van der Waals surface area contributed by atoms with Gasteiger partial charge in [0.15, 0.2) is 0 Å². The van der Waals surface area contributed by atoms with Gasteiger partial charge in [0.25, 0.3) is 0 Å². The van der Waals surface area contributed by atoms with Crippen LogP contribution in [-0.4, -0.2) is 22.1 Å². The van der Waals surface area contributed by atoms with Crippen LogP contribution < -0.4 is 4.74 Å². The topological polar surface area (TPSA) is 47.9 Å². The van der Waals surface area contributed by atoms with Crippen LogP contribution in [0, 0.1) is 0 Å². The molecule has 0 saturated carbocycles. The van der Waals surface area contributed by atoms with Gasteiger partial charge in [0.1, 0.15) is 5.75 Å². The molecule has 154 valence electrons. The van der Waals surface area contributed by atoms with Crippen molar-refractivity contribution >= 4 is 0 Å². The molecule has 3 aromatic heterocycles. The first-order valence-electron chi connectivity index (χ1n) is 10.4. The molecule has 0 unspecified atom stereocenters. The van der Waals surface area contributed by atoms with E-state index in [2.05, 4.69) is 58.5 Å². The SMILES string of the molecule is COc1ccc(-c2cccc(-c3cc(-c4ccccn4)nc(-c4ccccn4)c3)c2)cc1. The van der Waals surface area contributed by atoms with E-state index in [4.69, 9.17) is 9.72 Å². The van der Waals surface area contributed by atoms with Crippen LogP contribution >= 0.6 is 0 Å². The molecule has 2 aromatic carbocycles. The van der Waals surface area contributed by atoms with Crippen LogP contribution in [-0.2, 0) is 0 Å². The van der Waals surface area contributed by atoms with Gasteiger partial charge in [0.2, 0.25) is 0 Å². The van der Waals surface area contributed by atoms with E-state index in [-0.39, 0.29) is 0 Å². The average Bonchev–Trinajstić information content (AvgIpc) is 2.89. The van der Waals surface area contributed by atoms with Gasteiger partial charge in [-0.25, -0.2) is 4.98 Å². The van der Waals surface area contributed by atoms with Gasteiger partial charge < -0.3 is 4.74 Å². The lowest BCUT2D eigenvalue weighted by atomic mass is 9.98. The monoisotopic (exact) mass is 415 g/mol. The van der Waals surface area contributed by atoms with E-state index in [1.807, 2.05) is 48.5 Å². The first-order valence-corrected chi connectivity index (χ1v) is 10.4. The summed E-state index contributed by atoms with van der Waals surface area (Å²) >= 11 is 0. The van der Waals surface area contributed by atoms with Gasteiger partial charge >= 0.3 is 0 Å². The van der Waals surface area contributed by atoms with Crippen molar-refractivity contribution < 1.29 is 4.74 Å². The number of hydrogen-bond acceptors (Lipinski definition) is 4. The Balaban J connectivity index is 1.62. The molecule has 0 bridgehead atoms. The van der Waals surface area contributed by atoms with E-state index < -0.39 is 0 Å². The molecule has 0 amide bonds. The van der Waals surface area contributed by atoms with Gasteiger partial charge in [0, 0.05) is 12.4 Å². The molecule has 0 aliphatic rings. The summed E-state index contributed by atoms with van der Waals surface area (Å²) in [4.78, 5) is 13.9. The minimum Gasteiger partial charge on any atom is -0.497 e. The maximum absolute atomic E-state index is 5.29. The van der Waals surface area contributed by atoms with E-state index in [9.17, 15) is 0 Å². The van der Waals surface area contributed by atoms with E-state index in [0.29, 0.717) is 0 Å². The van der Waals surface area contributed by atoms with Crippen LogP contribution in [0.25, 0.3) is 45.0 Å². The lowest BCUT2D eigenvalue weighted by Gasteiger charge is -2.11. The molecule has 4 nitrogen and oxygen atoms in total. The number of methoxy groups -OCH3 is 1. The van der Waals surface area contributed by atoms with Crippen LogP contribution in [0.15, 0.2) is 109 Å². The molecular weight excluding hydrogens is 394 g/mol. The molecule has 0 saturated heterocycles. The van der Waals surface area contributed by atoms with E-state index in [0.717, 1.165) is 50.8 Å². The van der Waals surface area contributed by atoms with Crippen molar-refractivity contribution in [3.05, 3.63) is 109 Å². The van der Waals surface area contributed by atoms with Gasteiger partial charge in [0.05, 0.1) is 29.9 Å². The Hall–Kier alpha value is -4.31. The van der Waals surface area contributed by atoms with Gasteiger partial charge in [-0.05, 0) is 76.9 Å². The summed E-state index contributed by atoms with van der Waals surface area (Å²) < 4.78 is 5.29. The Morgan fingerprint density at radius 1 is 0.500 bits per heavy atom. The molecule has 5 aromatic rings. The summed E-state index contributed by atoms with van der Waals surface area (Å²) in [6, 6.07) is 32.5.